The molecule has 1 aromatic carbocycles. The van der Waals surface area contributed by atoms with E-state index in [0.29, 0.717) is 22.2 Å². The molecule has 0 aliphatic carbocycles. The van der Waals surface area contributed by atoms with Gasteiger partial charge in [-0.25, -0.2) is 19.3 Å². The molecule has 3 heterocycles. The number of carbonyl (C=O) groups is 1. The summed E-state index contributed by atoms with van der Waals surface area (Å²) in [6, 6.07) is 6.06. The van der Waals surface area contributed by atoms with Crippen molar-refractivity contribution < 1.29 is 9.18 Å². The van der Waals surface area contributed by atoms with Gasteiger partial charge in [0.2, 0.25) is 0 Å². The topological polar surface area (TPSA) is 107 Å². The van der Waals surface area contributed by atoms with Crippen LogP contribution in [0.4, 0.5) is 15.9 Å². The molecule has 4 aromatic rings. The van der Waals surface area contributed by atoms with E-state index < -0.39 is 11.7 Å². The van der Waals surface area contributed by atoms with Gasteiger partial charge < -0.3 is 11.1 Å². The summed E-state index contributed by atoms with van der Waals surface area (Å²) in [5, 5.41) is 2.56. The maximum absolute atomic E-state index is 14.0. The third-order valence-electron chi connectivity index (χ3n) is 4.86. The minimum Gasteiger partial charge on any atom is -0.383 e. The third-order valence-corrected chi connectivity index (χ3v) is 4.86. The van der Waals surface area contributed by atoms with Gasteiger partial charge in [0.1, 0.15) is 22.7 Å². The molecule has 0 radical (unpaired) electrons. The minimum absolute atomic E-state index is 0.102. The first kappa shape index (κ1) is 20.9. The lowest BCUT2D eigenvalue weighted by Gasteiger charge is -2.07. The molecular formula is C24H19FN6O. The van der Waals surface area contributed by atoms with Gasteiger partial charge in [-0.1, -0.05) is 17.9 Å². The smallest absolute Gasteiger partial charge is 0.257 e. The number of pyridine rings is 2. The molecule has 7 nitrogen and oxygen atoms in total. The van der Waals surface area contributed by atoms with Gasteiger partial charge in [-0.3, -0.25) is 9.78 Å². The highest BCUT2D eigenvalue weighted by Crippen LogP contribution is 2.20. The molecule has 0 aliphatic rings. The molecule has 0 fully saturated rings. The van der Waals surface area contributed by atoms with E-state index in [1.165, 1.54) is 18.5 Å². The fraction of sp³-hybridized carbons (Fsp3) is 0.125. The highest BCUT2D eigenvalue weighted by Gasteiger charge is 2.12. The number of amides is 1. The molecule has 1 amide bonds. The number of nitrogen functional groups attached to an aromatic ring is 1. The lowest BCUT2D eigenvalue weighted by atomic mass is 10.1. The molecule has 0 unspecified atom stereocenters. The number of benzene rings is 1. The van der Waals surface area contributed by atoms with Crippen molar-refractivity contribution in [3.05, 3.63) is 82.3 Å². The lowest BCUT2D eigenvalue weighted by molar-refractivity contribution is 0.102. The van der Waals surface area contributed by atoms with E-state index >= 15 is 0 Å². The summed E-state index contributed by atoms with van der Waals surface area (Å²) in [4.78, 5) is 29.9. The molecule has 0 saturated carbocycles. The van der Waals surface area contributed by atoms with Gasteiger partial charge in [-0.2, -0.15) is 0 Å². The predicted octanol–water partition coefficient (Wildman–Crippen LogP) is 3.72. The standard InChI is InChI=1S/C24H19FN6O/c1-13-4-7-19(25)20(8-13)31-24(32)17-9-16(10-27-11-17)5-6-18-22-21(12-28-23(18)26)29-14(2)15(3)30-22/h4,7-12H,1-3H3,(H2,26,28)(H,31,32). The Morgan fingerprint density at radius 1 is 1.03 bits per heavy atom. The molecule has 158 valence electrons. The van der Waals surface area contributed by atoms with Crippen molar-refractivity contribution >= 4 is 28.4 Å². The highest BCUT2D eigenvalue weighted by molar-refractivity contribution is 6.04. The second-order valence-electron chi connectivity index (χ2n) is 7.30. The normalized spacial score (nSPS) is 10.5. The Morgan fingerprint density at radius 2 is 1.81 bits per heavy atom. The van der Waals surface area contributed by atoms with Crippen LogP contribution in [0.15, 0.2) is 42.9 Å². The average Bonchev–Trinajstić information content (AvgIpc) is 2.77. The van der Waals surface area contributed by atoms with Gasteiger partial charge in [-0.15, -0.1) is 0 Å². The quantitative estimate of drug-likeness (QED) is 0.473. The van der Waals surface area contributed by atoms with Gasteiger partial charge >= 0.3 is 0 Å². The van der Waals surface area contributed by atoms with Crippen LogP contribution in [0.2, 0.25) is 0 Å². The van der Waals surface area contributed by atoms with Gasteiger partial charge in [0.15, 0.2) is 0 Å². The van der Waals surface area contributed by atoms with E-state index in [1.54, 1.807) is 24.4 Å². The maximum Gasteiger partial charge on any atom is 0.257 e. The number of rotatable bonds is 2. The molecule has 0 bridgehead atoms. The summed E-state index contributed by atoms with van der Waals surface area (Å²) in [7, 11) is 0. The molecule has 0 spiro atoms. The molecule has 3 N–H and O–H groups in total. The zero-order valence-corrected chi connectivity index (χ0v) is 17.7. The van der Waals surface area contributed by atoms with Gasteiger partial charge in [0.05, 0.1) is 34.4 Å². The van der Waals surface area contributed by atoms with Crippen molar-refractivity contribution in [1.82, 2.24) is 19.9 Å². The van der Waals surface area contributed by atoms with Crippen molar-refractivity contribution in [3.8, 4) is 11.8 Å². The highest BCUT2D eigenvalue weighted by atomic mass is 19.1. The molecule has 3 aromatic heterocycles. The Kier molecular flexibility index (Phi) is 5.48. The molecule has 8 heteroatoms. The van der Waals surface area contributed by atoms with E-state index in [-0.39, 0.29) is 17.1 Å². The number of aromatic nitrogens is 4. The van der Waals surface area contributed by atoms with Crippen LogP contribution >= 0.6 is 0 Å². The first-order chi connectivity index (χ1) is 15.3. The van der Waals surface area contributed by atoms with Crippen molar-refractivity contribution in [2.75, 3.05) is 11.1 Å². The predicted molar refractivity (Wildman–Crippen MR) is 121 cm³/mol. The number of anilines is 2. The van der Waals surface area contributed by atoms with Crippen LogP contribution in [0.3, 0.4) is 0 Å². The van der Waals surface area contributed by atoms with Crippen LogP contribution in [0.1, 0.15) is 38.4 Å². The molecule has 4 rings (SSSR count). The van der Waals surface area contributed by atoms with E-state index in [1.807, 2.05) is 20.8 Å². The van der Waals surface area contributed by atoms with E-state index in [0.717, 1.165) is 17.0 Å². The summed E-state index contributed by atoms with van der Waals surface area (Å²) in [6.45, 7) is 5.54. The first-order valence-corrected chi connectivity index (χ1v) is 9.76. The number of hydrogen-bond donors (Lipinski definition) is 2. The third kappa shape index (κ3) is 4.23. The lowest BCUT2D eigenvalue weighted by Crippen LogP contribution is -2.13. The number of aryl methyl sites for hydroxylation is 3. The van der Waals surface area contributed by atoms with Crippen molar-refractivity contribution in [3.63, 3.8) is 0 Å². The Hall–Kier alpha value is -4.38. The van der Waals surface area contributed by atoms with Crippen LogP contribution in [0.25, 0.3) is 11.0 Å². The van der Waals surface area contributed by atoms with Crippen LogP contribution in [0, 0.1) is 38.4 Å². The van der Waals surface area contributed by atoms with Crippen molar-refractivity contribution in [2.24, 2.45) is 0 Å². The number of fused-ring (bicyclic) bond motifs is 1. The Labute approximate surface area is 184 Å². The van der Waals surface area contributed by atoms with Gasteiger partial charge in [0, 0.05) is 18.0 Å². The SMILES string of the molecule is Cc1ccc(F)c(NC(=O)c2cncc(C#Cc3c(N)ncc4nc(C)c(C)nc34)c2)c1. The Balaban J connectivity index is 1.66. The summed E-state index contributed by atoms with van der Waals surface area (Å²) in [5.41, 5.74) is 10.9. The molecule has 0 saturated heterocycles. The summed E-state index contributed by atoms with van der Waals surface area (Å²) < 4.78 is 14.0. The number of nitrogens with one attached hydrogen (secondary N) is 1. The van der Waals surface area contributed by atoms with Crippen molar-refractivity contribution in [1.29, 1.82) is 0 Å². The van der Waals surface area contributed by atoms with Crippen LogP contribution < -0.4 is 11.1 Å². The number of carbonyl (C=O) groups excluding carboxylic acids is 1. The van der Waals surface area contributed by atoms with Gasteiger partial charge in [0.25, 0.3) is 5.91 Å². The Bertz CT molecular complexity index is 1440. The molecule has 32 heavy (non-hydrogen) atoms. The van der Waals surface area contributed by atoms with Crippen LogP contribution in [0.5, 0.6) is 0 Å². The second kappa shape index (κ2) is 8.40. The minimum atomic E-state index is -0.515. The van der Waals surface area contributed by atoms with E-state index in [4.69, 9.17) is 5.73 Å². The molecular weight excluding hydrogens is 407 g/mol. The summed E-state index contributed by atoms with van der Waals surface area (Å²) in [6.07, 6.45) is 4.47. The summed E-state index contributed by atoms with van der Waals surface area (Å²) >= 11 is 0. The zero-order chi connectivity index (χ0) is 22.8. The van der Waals surface area contributed by atoms with Gasteiger partial charge in [-0.05, 0) is 44.5 Å². The van der Waals surface area contributed by atoms with Crippen LogP contribution in [-0.2, 0) is 0 Å². The first-order valence-electron chi connectivity index (χ1n) is 9.76. The Morgan fingerprint density at radius 3 is 2.62 bits per heavy atom. The average molecular weight is 426 g/mol. The fourth-order valence-corrected chi connectivity index (χ4v) is 3.03. The fourth-order valence-electron chi connectivity index (χ4n) is 3.03. The van der Waals surface area contributed by atoms with E-state index in [9.17, 15) is 9.18 Å². The number of halogens is 1. The number of nitrogens with two attached hydrogens (primary N) is 1. The van der Waals surface area contributed by atoms with Crippen molar-refractivity contribution in [2.45, 2.75) is 20.8 Å². The van der Waals surface area contributed by atoms with E-state index in [2.05, 4.69) is 37.1 Å². The summed E-state index contributed by atoms with van der Waals surface area (Å²) in [5.74, 6) is 5.16. The van der Waals surface area contributed by atoms with Crippen LogP contribution in [-0.4, -0.2) is 25.8 Å². The largest absolute Gasteiger partial charge is 0.383 e. The number of nitrogens with zero attached hydrogens (tertiary/aromatic N) is 4. The number of hydrogen-bond acceptors (Lipinski definition) is 6. The zero-order valence-electron chi connectivity index (χ0n) is 17.7. The molecule has 0 aliphatic heterocycles. The second-order valence-corrected chi connectivity index (χ2v) is 7.30. The maximum atomic E-state index is 14.0. The monoisotopic (exact) mass is 426 g/mol. The molecule has 0 atom stereocenters.